The molecular weight excluding hydrogens is 409 g/mol. The zero-order chi connectivity index (χ0) is 18.2. The summed E-state index contributed by atoms with van der Waals surface area (Å²) in [7, 11) is 1.23. The van der Waals surface area contributed by atoms with Crippen molar-refractivity contribution >= 4 is 46.4 Å². The summed E-state index contributed by atoms with van der Waals surface area (Å²) in [6.45, 7) is -0.119. The van der Waals surface area contributed by atoms with Gasteiger partial charge in [-0.05, 0) is 23.7 Å². The van der Waals surface area contributed by atoms with Gasteiger partial charge in [0, 0.05) is 18.2 Å². The molecule has 128 valence electrons. The first kappa shape index (κ1) is 19.1. The van der Waals surface area contributed by atoms with E-state index in [9.17, 15) is 13.2 Å². The van der Waals surface area contributed by atoms with E-state index in [1.807, 2.05) is 0 Å². The zero-order valence-electron chi connectivity index (χ0n) is 11.9. The van der Waals surface area contributed by atoms with Crippen LogP contribution in [0.25, 0.3) is 11.1 Å². The average Bonchev–Trinajstić information content (AvgIpc) is 2.68. The lowest BCUT2D eigenvalue weighted by atomic mass is 10.1. The van der Waals surface area contributed by atoms with Crippen molar-refractivity contribution in [2.75, 3.05) is 6.61 Å². The summed E-state index contributed by atoms with van der Waals surface area (Å²) >= 11 is 22.9. The third kappa shape index (κ3) is 3.43. The maximum Gasteiger partial charge on any atom is 0.364 e. The number of ether oxygens (including phenoxy) is 1. The minimum absolute atomic E-state index is 0.0439. The number of hydrogen-bond donors (Lipinski definition) is 0. The van der Waals surface area contributed by atoms with Crippen molar-refractivity contribution in [3.63, 3.8) is 0 Å². The van der Waals surface area contributed by atoms with Gasteiger partial charge < -0.3 is 9.30 Å². The second kappa shape index (κ2) is 6.97. The molecule has 0 saturated heterocycles. The maximum absolute atomic E-state index is 14.3. The first-order chi connectivity index (χ1) is 11.1. The highest BCUT2D eigenvalue weighted by atomic mass is 35.5. The molecule has 0 radical (unpaired) electrons. The number of rotatable bonds is 4. The third-order valence-corrected chi connectivity index (χ3v) is 4.42. The zero-order valence-corrected chi connectivity index (χ0v) is 15.0. The van der Waals surface area contributed by atoms with Gasteiger partial charge in [-0.2, -0.15) is 8.78 Å². The molecule has 0 amide bonds. The first-order valence-electron chi connectivity index (χ1n) is 6.26. The summed E-state index contributed by atoms with van der Waals surface area (Å²) in [4.78, 5) is 0. The maximum atomic E-state index is 14.3. The first-order valence-corrected chi connectivity index (χ1v) is 7.77. The fraction of sp³-hybridized carbons (Fsp3) is 0.200. The summed E-state index contributed by atoms with van der Waals surface area (Å²) in [5, 5.41) is -4.54. The number of nitrogens with zero attached hydrogens (tertiary/aromatic N) is 1. The van der Waals surface area contributed by atoms with Crippen LogP contribution < -0.4 is 4.74 Å². The molecule has 2 rings (SSSR count). The molecule has 0 spiro atoms. The van der Waals surface area contributed by atoms with Crippen molar-refractivity contribution in [3.05, 3.63) is 38.8 Å². The highest BCUT2D eigenvalue weighted by Crippen LogP contribution is 2.48. The summed E-state index contributed by atoms with van der Waals surface area (Å²) in [6, 6.07) is 2.12. The van der Waals surface area contributed by atoms with Crippen LogP contribution in [0.2, 0.25) is 15.2 Å². The molecular formula is C15H8Cl4F3NO. The van der Waals surface area contributed by atoms with Gasteiger partial charge >= 0.3 is 5.38 Å². The van der Waals surface area contributed by atoms with E-state index >= 15 is 0 Å². The summed E-state index contributed by atoms with van der Waals surface area (Å²) in [5.41, 5.74) is -1.09. The van der Waals surface area contributed by atoms with Crippen LogP contribution in [0.3, 0.4) is 0 Å². The van der Waals surface area contributed by atoms with Crippen molar-refractivity contribution in [1.82, 2.24) is 4.57 Å². The fourth-order valence-corrected chi connectivity index (χ4v) is 3.36. The lowest BCUT2D eigenvalue weighted by Crippen LogP contribution is -2.10. The van der Waals surface area contributed by atoms with Gasteiger partial charge in [0.05, 0.1) is 10.0 Å². The molecule has 0 saturated carbocycles. The highest BCUT2D eigenvalue weighted by molar-refractivity contribution is 6.40. The Kier molecular flexibility index (Phi) is 5.56. The van der Waals surface area contributed by atoms with Crippen molar-refractivity contribution in [2.45, 2.75) is 5.38 Å². The molecule has 9 heteroatoms. The normalized spacial score (nSPS) is 11.5. The summed E-state index contributed by atoms with van der Waals surface area (Å²) in [5.74, 6) is 1.46. The van der Waals surface area contributed by atoms with E-state index in [1.165, 1.54) is 13.1 Å². The largest absolute Gasteiger partial charge is 0.479 e. The topological polar surface area (TPSA) is 14.2 Å². The molecule has 0 aliphatic heterocycles. The molecule has 0 bridgehead atoms. The van der Waals surface area contributed by atoms with E-state index < -0.39 is 21.9 Å². The van der Waals surface area contributed by atoms with Crippen molar-refractivity contribution in [2.24, 2.45) is 7.05 Å². The Morgan fingerprint density at radius 3 is 2.42 bits per heavy atom. The Morgan fingerprint density at radius 2 is 1.92 bits per heavy atom. The molecule has 24 heavy (non-hydrogen) atoms. The van der Waals surface area contributed by atoms with Crippen LogP contribution in [0.15, 0.2) is 12.1 Å². The molecule has 0 aliphatic carbocycles. The molecule has 2 aromatic rings. The van der Waals surface area contributed by atoms with Gasteiger partial charge in [-0.25, -0.2) is 4.39 Å². The molecule has 0 fully saturated rings. The van der Waals surface area contributed by atoms with Gasteiger partial charge in [-0.1, -0.05) is 40.7 Å². The van der Waals surface area contributed by atoms with Crippen molar-refractivity contribution in [1.29, 1.82) is 0 Å². The number of alkyl halides is 3. The Bertz CT molecular complexity index is 837. The van der Waals surface area contributed by atoms with E-state index in [1.54, 1.807) is 0 Å². The fourth-order valence-electron chi connectivity index (χ4n) is 2.12. The summed E-state index contributed by atoms with van der Waals surface area (Å²) in [6.07, 6.45) is 5.09. The van der Waals surface area contributed by atoms with Crippen LogP contribution in [0.1, 0.15) is 5.69 Å². The van der Waals surface area contributed by atoms with Gasteiger partial charge in [0.2, 0.25) is 0 Å². The van der Waals surface area contributed by atoms with E-state index in [4.69, 9.17) is 57.6 Å². The number of hydrogen-bond acceptors (Lipinski definition) is 1. The molecule has 0 aliphatic rings. The second-order valence-corrected chi connectivity index (χ2v) is 6.26. The lowest BCUT2D eigenvalue weighted by Gasteiger charge is -2.10. The third-order valence-electron chi connectivity index (χ3n) is 3.13. The number of aromatic nitrogens is 1. The van der Waals surface area contributed by atoms with Crippen molar-refractivity contribution < 1.29 is 17.9 Å². The Balaban J connectivity index is 2.72. The van der Waals surface area contributed by atoms with E-state index in [-0.39, 0.29) is 33.7 Å². The SMILES string of the molecule is C#CCOc1cc(-c2c(Cl)c(C(F)(F)Cl)n(C)c2Cl)c(F)cc1Cl. The van der Waals surface area contributed by atoms with Gasteiger partial charge in [0.1, 0.15) is 29.0 Å². The Morgan fingerprint density at radius 1 is 1.29 bits per heavy atom. The smallest absolute Gasteiger partial charge is 0.364 e. The standard InChI is InChI=1S/C15H8Cl4F3NO/c1-3-4-24-10-5-7(9(20)6-8(10)16)11-12(17)13(15(19,21)22)23(2)14(11)18/h1,5-6H,4H2,2H3. The monoisotopic (exact) mass is 415 g/mol. The van der Waals surface area contributed by atoms with Crippen LogP contribution in [-0.4, -0.2) is 11.2 Å². The van der Waals surface area contributed by atoms with Gasteiger partial charge in [-0.3, -0.25) is 0 Å². The quantitative estimate of drug-likeness (QED) is 0.434. The predicted molar refractivity (Wildman–Crippen MR) is 89.9 cm³/mol. The van der Waals surface area contributed by atoms with Gasteiger partial charge in [-0.15, -0.1) is 6.42 Å². The number of halogens is 7. The Hall–Kier alpha value is -1.19. The molecule has 2 nitrogen and oxygen atoms in total. The molecule has 1 aromatic heterocycles. The molecule has 1 heterocycles. The van der Waals surface area contributed by atoms with Crippen LogP contribution in [-0.2, 0) is 12.4 Å². The van der Waals surface area contributed by atoms with Crippen molar-refractivity contribution in [3.8, 4) is 29.2 Å². The molecule has 0 unspecified atom stereocenters. The van der Waals surface area contributed by atoms with E-state index in [0.29, 0.717) is 0 Å². The van der Waals surface area contributed by atoms with Crippen LogP contribution in [0.5, 0.6) is 5.75 Å². The second-order valence-electron chi connectivity index (χ2n) is 4.64. The Labute approximate surface area is 156 Å². The van der Waals surface area contributed by atoms with Gasteiger partial charge in [0.15, 0.2) is 0 Å². The summed E-state index contributed by atoms with van der Waals surface area (Å²) < 4.78 is 47.4. The molecule has 0 N–H and O–H groups in total. The predicted octanol–water partition coefficient (Wildman–Crippen LogP) is 6.09. The van der Waals surface area contributed by atoms with E-state index in [2.05, 4.69) is 5.92 Å². The number of terminal acetylenes is 1. The molecule has 0 atom stereocenters. The van der Waals surface area contributed by atoms with Crippen LogP contribution in [0.4, 0.5) is 13.2 Å². The van der Waals surface area contributed by atoms with Crippen LogP contribution in [0, 0.1) is 18.2 Å². The minimum atomic E-state index is -3.79. The molecule has 1 aromatic carbocycles. The minimum Gasteiger partial charge on any atom is -0.479 e. The van der Waals surface area contributed by atoms with E-state index in [0.717, 1.165) is 10.6 Å². The highest BCUT2D eigenvalue weighted by Gasteiger charge is 2.38. The average molecular weight is 417 g/mol. The van der Waals surface area contributed by atoms with Gasteiger partial charge in [0.25, 0.3) is 0 Å². The lowest BCUT2D eigenvalue weighted by molar-refractivity contribution is 0.0868. The van der Waals surface area contributed by atoms with Crippen LogP contribution >= 0.6 is 46.4 Å². The number of benzene rings is 1.